The van der Waals surface area contributed by atoms with Crippen molar-refractivity contribution in [2.24, 2.45) is 5.92 Å². The first-order chi connectivity index (χ1) is 8.49. The van der Waals surface area contributed by atoms with Crippen LogP contribution >= 0.6 is 0 Å². The molecule has 2 amide bonds. The Labute approximate surface area is 105 Å². The van der Waals surface area contributed by atoms with E-state index in [2.05, 4.69) is 0 Å². The van der Waals surface area contributed by atoms with Gasteiger partial charge in [-0.1, -0.05) is 0 Å². The maximum atomic E-state index is 12.1. The summed E-state index contributed by atoms with van der Waals surface area (Å²) in [6, 6.07) is -0.295. The number of carboxylic acid groups (broad SMARTS) is 1. The fourth-order valence-electron chi connectivity index (χ4n) is 2.48. The first kappa shape index (κ1) is 13.1. The molecule has 0 aromatic heterocycles. The van der Waals surface area contributed by atoms with Crippen molar-refractivity contribution in [1.29, 1.82) is 0 Å². The fraction of sp³-hybridized carbons (Fsp3) is 0.818. The van der Waals surface area contributed by atoms with Crippen LogP contribution in [0, 0.1) is 5.92 Å². The monoisotopic (exact) mass is 258 g/mol. The highest BCUT2D eigenvalue weighted by molar-refractivity contribution is 5.77. The third kappa shape index (κ3) is 2.56. The van der Waals surface area contributed by atoms with Gasteiger partial charge in [-0.25, -0.2) is 4.79 Å². The molecule has 0 aromatic rings. The fourth-order valence-corrected chi connectivity index (χ4v) is 2.48. The minimum Gasteiger partial charge on any atom is -0.481 e. The molecule has 2 fully saturated rings. The van der Waals surface area contributed by atoms with Crippen molar-refractivity contribution in [3.63, 3.8) is 0 Å². The lowest BCUT2D eigenvalue weighted by Crippen LogP contribution is -2.48. The Kier molecular flexibility index (Phi) is 3.72. The highest BCUT2D eigenvalue weighted by Crippen LogP contribution is 2.20. The molecule has 18 heavy (non-hydrogen) atoms. The van der Waals surface area contributed by atoms with E-state index in [0.717, 1.165) is 0 Å². The Morgan fingerprint density at radius 3 is 2.17 bits per heavy atom. The average Bonchev–Trinajstić information content (AvgIpc) is 2.69. The summed E-state index contributed by atoms with van der Waals surface area (Å²) in [7, 11) is 0. The predicted molar refractivity (Wildman–Crippen MR) is 60.9 cm³/mol. The largest absolute Gasteiger partial charge is 0.481 e. The molecule has 2 aliphatic rings. The Balaban J connectivity index is 1.95. The number of β-amino-alcohol motifs (C(OH)–C–C–N with tert-alkyl or cyclic N) is 2. The van der Waals surface area contributed by atoms with Gasteiger partial charge in [0.05, 0.1) is 31.2 Å². The highest BCUT2D eigenvalue weighted by atomic mass is 16.4. The summed E-state index contributed by atoms with van der Waals surface area (Å²) >= 11 is 0. The molecule has 2 saturated heterocycles. The molecule has 7 heteroatoms. The van der Waals surface area contributed by atoms with E-state index < -0.39 is 24.1 Å². The van der Waals surface area contributed by atoms with Crippen LogP contribution in [0.2, 0.25) is 0 Å². The van der Waals surface area contributed by atoms with Crippen LogP contribution in [0.3, 0.4) is 0 Å². The summed E-state index contributed by atoms with van der Waals surface area (Å²) in [5.41, 5.74) is 0. The Hall–Kier alpha value is -1.34. The maximum absolute atomic E-state index is 12.1. The minimum atomic E-state index is -0.908. The molecule has 2 aliphatic heterocycles. The van der Waals surface area contributed by atoms with Gasteiger partial charge in [0.25, 0.3) is 0 Å². The van der Waals surface area contributed by atoms with Crippen LogP contribution in [0.15, 0.2) is 0 Å². The zero-order chi connectivity index (χ0) is 13.3. The van der Waals surface area contributed by atoms with Gasteiger partial charge in [0.1, 0.15) is 0 Å². The number of likely N-dealkylation sites (tertiary alicyclic amines) is 2. The second-order valence-electron chi connectivity index (χ2n) is 4.95. The molecule has 0 radical (unpaired) electrons. The molecule has 102 valence electrons. The summed E-state index contributed by atoms with van der Waals surface area (Å²) in [4.78, 5) is 25.9. The van der Waals surface area contributed by atoms with Gasteiger partial charge < -0.3 is 25.1 Å². The van der Waals surface area contributed by atoms with Gasteiger partial charge in [-0.15, -0.1) is 0 Å². The molecule has 3 N–H and O–H groups in total. The normalized spacial score (nSPS) is 32.7. The topological polar surface area (TPSA) is 101 Å². The Morgan fingerprint density at radius 2 is 1.61 bits per heavy atom. The van der Waals surface area contributed by atoms with Gasteiger partial charge in [-0.05, 0) is 12.8 Å². The molecule has 0 saturated carbocycles. The van der Waals surface area contributed by atoms with Crippen LogP contribution in [0.5, 0.6) is 0 Å². The first-order valence-electron chi connectivity index (χ1n) is 6.12. The molecular weight excluding hydrogens is 240 g/mol. The van der Waals surface area contributed by atoms with Crippen molar-refractivity contribution in [2.45, 2.75) is 25.0 Å². The van der Waals surface area contributed by atoms with E-state index in [1.54, 1.807) is 0 Å². The van der Waals surface area contributed by atoms with Crippen molar-refractivity contribution in [3.05, 3.63) is 0 Å². The van der Waals surface area contributed by atoms with Gasteiger partial charge in [0, 0.05) is 13.1 Å². The number of nitrogens with zero attached hydrogens (tertiary/aromatic N) is 2. The zero-order valence-electron chi connectivity index (χ0n) is 10.0. The first-order valence-corrected chi connectivity index (χ1v) is 6.12. The average molecular weight is 258 g/mol. The number of rotatable bonds is 1. The number of hydrogen-bond donors (Lipinski definition) is 3. The lowest BCUT2D eigenvalue weighted by Gasteiger charge is -2.33. The van der Waals surface area contributed by atoms with Crippen molar-refractivity contribution in [1.82, 2.24) is 9.80 Å². The molecule has 7 nitrogen and oxygen atoms in total. The number of amides is 2. The molecule has 0 aromatic carbocycles. The van der Waals surface area contributed by atoms with E-state index in [1.807, 2.05) is 0 Å². The summed E-state index contributed by atoms with van der Waals surface area (Å²) in [6.07, 6.45) is -0.561. The standard InChI is InChI=1S/C11H18N2O5/c14-8-5-13(6-9(8)15)11(18)12-3-1-2-7(4-12)10(16)17/h7-9,14-15H,1-6H2,(H,16,17)/t7-,8?,9?/m0/s1. The molecule has 3 atom stereocenters. The second-order valence-corrected chi connectivity index (χ2v) is 4.95. The summed E-state index contributed by atoms with van der Waals surface area (Å²) in [5, 5.41) is 27.8. The third-order valence-electron chi connectivity index (χ3n) is 3.57. The second kappa shape index (κ2) is 5.11. The number of carbonyl (C=O) groups is 2. The number of hydrogen-bond acceptors (Lipinski definition) is 4. The van der Waals surface area contributed by atoms with Crippen LogP contribution in [0.4, 0.5) is 4.79 Å². The zero-order valence-corrected chi connectivity index (χ0v) is 10.0. The lowest BCUT2D eigenvalue weighted by atomic mass is 9.99. The Bertz CT molecular complexity index is 338. The highest BCUT2D eigenvalue weighted by Gasteiger charge is 2.36. The number of urea groups is 1. The van der Waals surface area contributed by atoms with Crippen molar-refractivity contribution < 1.29 is 24.9 Å². The number of aliphatic carboxylic acids is 1. The quantitative estimate of drug-likeness (QED) is 0.556. The van der Waals surface area contributed by atoms with Gasteiger partial charge in [-0.3, -0.25) is 4.79 Å². The maximum Gasteiger partial charge on any atom is 0.320 e. The molecule has 0 bridgehead atoms. The SMILES string of the molecule is O=C(O)[C@H]1CCCN(C(=O)N2CC(O)C(O)C2)C1. The summed E-state index contributed by atoms with van der Waals surface area (Å²) in [6.45, 7) is 0.949. The smallest absolute Gasteiger partial charge is 0.320 e. The van der Waals surface area contributed by atoms with E-state index in [-0.39, 0.29) is 25.7 Å². The van der Waals surface area contributed by atoms with Crippen LogP contribution in [-0.2, 0) is 4.79 Å². The van der Waals surface area contributed by atoms with Crippen LogP contribution in [0.1, 0.15) is 12.8 Å². The van der Waals surface area contributed by atoms with Crippen LogP contribution < -0.4 is 0 Å². The van der Waals surface area contributed by atoms with Crippen molar-refractivity contribution in [3.8, 4) is 0 Å². The lowest BCUT2D eigenvalue weighted by molar-refractivity contribution is -0.143. The molecule has 2 rings (SSSR count). The number of aliphatic hydroxyl groups is 2. The molecule has 0 aliphatic carbocycles. The van der Waals surface area contributed by atoms with Crippen molar-refractivity contribution in [2.75, 3.05) is 26.2 Å². The molecular formula is C11H18N2O5. The van der Waals surface area contributed by atoms with E-state index in [9.17, 15) is 19.8 Å². The van der Waals surface area contributed by atoms with Crippen molar-refractivity contribution >= 4 is 12.0 Å². The summed E-state index contributed by atoms with van der Waals surface area (Å²) < 4.78 is 0. The third-order valence-corrected chi connectivity index (χ3v) is 3.57. The van der Waals surface area contributed by atoms with E-state index in [1.165, 1.54) is 9.80 Å². The Morgan fingerprint density at radius 1 is 1.00 bits per heavy atom. The van der Waals surface area contributed by atoms with E-state index >= 15 is 0 Å². The molecule has 2 unspecified atom stereocenters. The van der Waals surface area contributed by atoms with Gasteiger partial charge in [-0.2, -0.15) is 0 Å². The predicted octanol–water partition coefficient (Wildman–Crippen LogP) is -1.06. The van der Waals surface area contributed by atoms with Crippen LogP contribution in [0.25, 0.3) is 0 Å². The van der Waals surface area contributed by atoms with Gasteiger partial charge >= 0.3 is 12.0 Å². The molecule has 0 spiro atoms. The van der Waals surface area contributed by atoms with E-state index in [4.69, 9.17) is 5.11 Å². The van der Waals surface area contributed by atoms with Crippen LogP contribution in [-0.4, -0.2) is 75.5 Å². The van der Waals surface area contributed by atoms with E-state index in [0.29, 0.717) is 19.4 Å². The molecule has 2 heterocycles. The number of piperidine rings is 1. The number of aliphatic hydroxyl groups excluding tert-OH is 2. The number of carboxylic acids is 1. The minimum absolute atomic E-state index is 0.105. The van der Waals surface area contributed by atoms with Gasteiger partial charge in [0.15, 0.2) is 0 Å². The summed E-state index contributed by atoms with van der Waals surface area (Å²) in [5.74, 6) is -1.39. The number of carbonyl (C=O) groups excluding carboxylic acids is 1. The van der Waals surface area contributed by atoms with Gasteiger partial charge in [0.2, 0.25) is 0 Å².